The third kappa shape index (κ3) is 2.24. The largest absolute Gasteiger partial charge is 0.463 e. The minimum atomic E-state index is -0.448. The molecule has 0 radical (unpaired) electrons. The molecule has 2 aliphatic rings. The van der Waals surface area contributed by atoms with Crippen molar-refractivity contribution >= 4 is 11.9 Å². The van der Waals surface area contributed by atoms with E-state index in [-0.39, 0.29) is 24.1 Å². The van der Waals surface area contributed by atoms with E-state index in [1.807, 2.05) is 0 Å². The lowest BCUT2D eigenvalue weighted by molar-refractivity contribution is -0.145. The fourth-order valence-corrected chi connectivity index (χ4v) is 1.86. The molecule has 1 fully saturated rings. The average molecular weight is 226 g/mol. The van der Waals surface area contributed by atoms with E-state index < -0.39 is 6.10 Å². The Bertz CT molecular complexity index is 346. The number of hydrogen-bond donors (Lipinski definition) is 0. The number of carbonyl (C=O) groups excluding carboxylic acids is 2. The van der Waals surface area contributed by atoms with E-state index in [4.69, 9.17) is 14.2 Å². The molecule has 3 atom stereocenters. The molecule has 0 aromatic heterocycles. The van der Waals surface area contributed by atoms with Gasteiger partial charge in [0.1, 0.15) is 12.2 Å². The quantitative estimate of drug-likeness (QED) is 0.520. The van der Waals surface area contributed by atoms with E-state index in [0.29, 0.717) is 18.6 Å². The summed E-state index contributed by atoms with van der Waals surface area (Å²) in [5.41, 5.74) is 0.534. The molecule has 0 unspecified atom stereocenters. The van der Waals surface area contributed by atoms with Gasteiger partial charge in [0, 0.05) is 18.9 Å². The number of fused-ring (bicyclic) bond motifs is 1. The zero-order chi connectivity index (χ0) is 11.7. The van der Waals surface area contributed by atoms with Crippen LogP contribution in [-0.4, -0.2) is 36.9 Å². The van der Waals surface area contributed by atoms with Crippen molar-refractivity contribution in [3.8, 4) is 0 Å². The maximum absolute atomic E-state index is 11.5. The summed E-state index contributed by atoms with van der Waals surface area (Å²) >= 11 is 0. The molecule has 0 bridgehead atoms. The molecule has 1 saturated heterocycles. The summed E-state index contributed by atoms with van der Waals surface area (Å²) in [6.45, 7) is 3.43. The van der Waals surface area contributed by atoms with Gasteiger partial charge in [0.2, 0.25) is 0 Å². The lowest BCUT2D eigenvalue weighted by Crippen LogP contribution is -2.27. The molecule has 0 saturated carbocycles. The van der Waals surface area contributed by atoms with Gasteiger partial charge >= 0.3 is 11.9 Å². The van der Waals surface area contributed by atoms with Crippen molar-refractivity contribution in [2.45, 2.75) is 38.6 Å². The minimum Gasteiger partial charge on any atom is -0.463 e. The van der Waals surface area contributed by atoms with Gasteiger partial charge in [-0.25, -0.2) is 4.79 Å². The van der Waals surface area contributed by atoms with Crippen LogP contribution < -0.4 is 0 Å². The zero-order valence-electron chi connectivity index (χ0n) is 9.26. The Balaban J connectivity index is 2.05. The third-order valence-electron chi connectivity index (χ3n) is 2.57. The molecule has 88 valence electrons. The molecule has 5 heteroatoms. The fourth-order valence-electron chi connectivity index (χ4n) is 1.86. The van der Waals surface area contributed by atoms with Gasteiger partial charge in [0.05, 0.1) is 12.7 Å². The van der Waals surface area contributed by atoms with E-state index in [1.54, 1.807) is 13.0 Å². The summed E-state index contributed by atoms with van der Waals surface area (Å²) in [7, 11) is 0. The molecular weight excluding hydrogens is 212 g/mol. The van der Waals surface area contributed by atoms with Crippen LogP contribution in [0.25, 0.3) is 0 Å². The summed E-state index contributed by atoms with van der Waals surface area (Å²) in [5.74, 6) is -0.728. The Morgan fingerprint density at radius 1 is 1.56 bits per heavy atom. The van der Waals surface area contributed by atoms with Gasteiger partial charge in [0.25, 0.3) is 0 Å². The lowest BCUT2D eigenvalue weighted by atomic mass is 9.97. The van der Waals surface area contributed by atoms with Crippen LogP contribution in [0.5, 0.6) is 0 Å². The van der Waals surface area contributed by atoms with Crippen LogP contribution in [0.3, 0.4) is 0 Å². The molecule has 0 amide bonds. The second-order valence-corrected chi connectivity index (χ2v) is 3.83. The molecule has 0 spiro atoms. The minimum absolute atomic E-state index is 0.00578. The first-order chi connectivity index (χ1) is 7.61. The highest BCUT2D eigenvalue weighted by Gasteiger charge is 2.50. The predicted molar refractivity (Wildman–Crippen MR) is 53.5 cm³/mol. The predicted octanol–water partition coefficient (Wildman–Crippen LogP) is 0.579. The summed E-state index contributed by atoms with van der Waals surface area (Å²) in [4.78, 5) is 22.4. The average Bonchev–Trinajstić information content (AvgIpc) is 2.96. The molecule has 2 rings (SSSR count). The van der Waals surface area contributed by atoms with Gasteiger partial charge in [-0.15, -0.1) is 0 Å². The van der Waals surface area contributed by atoms with Crippen molar-refractivity contribution in [2.75, 3.05) is 6.61 Å². The smallest absolute Gasteiger partial charge is 0.333 e. The number of hydrogen-bond acceptors (Lipinski definition) is 5. The normalized spacial score (nSPS) is 31.1. The number of epoxide rings is 1. The van der Waals surface area contributed by atoms with Crippen LogP contribution >= 0.6 is 0 Å². The van der Waals surface area contributed by atoms with Crippen LogP contribution in [0.2, 0.25) is 0 Å². The van der Waals surface area contributed by atoms with Crippen LogP contribution in [0, 0.1) is 0 Å². The SMILES string of the molecule is CCOC(=O)C1=C[C@H](OC(C)=O)[C@@H]2O[C@@H]2C1. The topological polar surface area (TPSA) is 65.1 Å². The van der Waals surface area contributed by atoms with Gasteiger partial charge in [-0.3, -0.25) is 4.79 Å². The van der Waals surface area contributed by atoms with Crippen molar-refractivity contribution in [1.29, 1.82) is 0 Å². The maximum atomic E-state index is 11.5. The highest BCUT2D eigenvalue weighted by Crippen LogP contribution is 2.38. The Morgan fingerprint density at radius 3 is 2.94 bits per heavy atom. The first kappa shape index (κ1) is 11.1. The molecule has 5 nitrogen and oxygen atoms in total. The van der Waals surface area contributed by atoms with Crippen LogP contribution in [0.4, 0.5) is 0 Å². The molecule has 1 aliphatic carbocycles. The zero-order valence-corrected chi connectivity index (χ0v) is 9.26. The standard InChI is InChI=1S/C11H14O5/c1-3-14-11(13)7-4-8(15-6(2)12)10-9(5-7)16-10/h4,8-10H,3,5H2,1-2H3/t8-,9+,10-/m0/s1. The van der Waals surface area contributed by atoms with Crippen molar-refractivity contribution in [3.05, 3.63) is 11.6 Å². The van der Waals surface area contributed by atoms with Crippen LogP contribution in [-0.2, 0) is 23.8 Å². The maximum Gasteiger partial charge on any atom is 0.333 e. The van der Waals surface area contributed by atoms with Gasteiger partial charge in [0.15, 0.2) is 0 Å². The fraction of sp³-hybridized carbons (Fsp3) is 0.636. The molecule has 16 heavy (non-hydrogen) atoms. The first-order valence-electron chi connectivity index (χ1n) is 5.32. The Hall–Kier alpha value is -1.36. The molecule has 1 heterocycles. The van der Waals surface area contributed by atoms with Crippen LogP contribution in [0.1, 0.15) is 20.3 Å². The lowest BCUT2D eigenvalue weighted by Gasteiger charge is -2.16. The summed E-state index contributed by atoms with van der Waals surface area (Å²) in [6, 6.07) is 0. The highest BCUT2D eigenvalue weighted by molar-refractivity contribution is 5.89. The first-order valence-corrected chi connectivity index (χ1v) is 5.32. The number of rotatable bonds is 3. The van der Waals surface area contributed by atoms with Crippen molar-refractivity contribution < 1.29 is 23.8 Å². The molecular formula is C11H14O5. The molecule has 0 aromatic carbocycles. The van der Waals surface area contributed by atoms with E-state index in [0.717, 1.165) is 0 Å². The van der Waals surface area contributed by atoms with E-state index >= 15 is 0 Å². The number of carbonyl (C=O) groups is 2. The molecule has 0 aromatic rings. The molecule has 1 aliphatic heterocycles. The second kappa shape index (κ2) is 4.25. The summed E-state index contributed by atoms with van der Waals surface area (Å²) in [6.07, 6.45) is 1.64. The van der Waals surface area contributed by atoms with Crippen LogP contribution in [0.15, 0.2) is 11.6 Å². The Kier molecular flexibility index (Phi) is 2.96. The highest BCUT2D eigenvalue weighted by atomic mass is 16.6. The van der Waals surface area contributed by atoms with Crippen molar-refractivity contribution in [2.24, 2.45) is 0 Å². The Labute approximate surface area is 93.4 Å². The number of ether oxygens (including phenoxy) is 3. The van der Waals surface area contributed by atoms with E-state index in [1.165, 1.54) is 6.92 Å². The van der Waals surface area contributed by atoms with E-state index in [9.17, 15) is 9.59 Å². The van der Waals surface area contributed by atoms with E-state index in [2.05, 4.69) is 0 Å². The summed E-state index contributed by atoms with van der Waals surface area (Å²) < 4.78 is 15.3. The number of esters is 2. The van der Waals surface area contributed by atoms with Gasteiger partial charge in [-0.1, -0.05) is 0 Å². The monoisotopic (exact) mass is 226 g/mol. The third-order valence-corrected chi connectivity index (χ3v) is 2.57. The van der Waals surface area contributed by atoms with Gasteiger partial charge in [-0.05, 0) is 13.0 Å². The van der Waals surface area contributed by atoms with Gasteiger partial charge < -0.3 is 14.2 Å². The van der Waals surface area contributed by atoms with Crippen molar-refractivity contribution in [1.82, 2.24) is 0 Å². The Morgan fingerprint density at radius 2 is 2.31 bits per heavy atom. The van der Waals surface area contributed by atoms with Crippen molar-refractivity contribution in [3.63, 3.8) is 0 Å². The summed E-state index contributed by atoms with van der Waals surface area (Å²) in [5, 5.41) is 0. The molecule has 0 N–H and O–H groups in total. The van der Waals surface area contributed by atoms with Gasteiger partial charge in [-0.2, -0.15) is 0 Å². The second-order valence-electron chi connectivity index (χ2n) is 3.83.